The van der Waals surface area contributed by atoms with Crippen molar-refractivity contribution in [2.24, 2.45) is 7.05 Å². The second-order valence-electron chi connectivity index (χ2n) is 5.92. The molecule has 0 amide bonds. The Bertz CT molecular complexity index is 1040. The lowest BCUT2D eigenvalue weighted by atomic mass is 9.99. The molecule has 2 aromatic heterocycles. The van der Waals surface area contributed by atoms with Crippen molar-refractivity contribution >= 4 is 27.6 Å². The van der Waals surface area contributed by atoms with E-state index in [1.807, 2.05) is 24.3 Å². The van der Waals surface area contributed by atoms with Crippen LogP contribution in [0, 0.1) is 13.8 Å². The summed E-state index contributed by atoms with van der Waals surface area (Å²) in [6.07, 6.45) is 0. The van der Waals surface area contributed by atoms with Crippen LogP contribution in [0.1, 0.15) is 21.7 Å². The summed E-state index contributed by atoms with van der Waals surface area (Å²) >= 11 is 0. The van der Waals surface area contributed by atoms with Gasteiger partial charge in [0.25, 0.3) is 5.56 Å². The SMILES string of the molecule is COCCOC(=O)c1c(C)nc(C)c2c(=O)n(C)c3ccccc3c12. The number of rotatable bonds is 4. The van der Waals surface area contributed by atoms with Crippen molar-refractivity contribution in [3.63, 3.8) is 0 Å². The Morgan fingerprint density at radius 1 is 1.12 bits per heavy atom. The van der Waals surface area contributed by atoms with Gasteiger partial charge in [-0.15, -0.1) is 0 Å². The summed E-state index contributed by atoms with van der Waals surface area (Å²) in [5, 5.41) is 1.88. The highest BCUT2D eigenvalue weighted by Gasteiger charge is 2.22. The van der Waals surface area contributed by atoms with E-state index in [2.05, 4.69) is 4.98 Å². The molecule has 0 bridgehead atoms. The third-order valence-corrected chi connectivity index (χ3v) is 4.34. The molecular weight excluding hydrogens is 320 g/mol. The minimum atomic E-state index is -0.495. The third-order valence-electron chi connectivity index (χ3n) is 4.34. The van der Waals surface area contributed by atoms with Crippen LogP contribution in [-0.2, 0) is 16.5 Å². The van der Waals surface area contributed by atoms with E-state index in [9.17, 15) is 9.59 Å². The summed E-state index contributed by atoms with van der Waals surface area (Å²) < 4.78 is 11.8. The maximum Gasteiger partial charge on any atom is 0.340 e. The number of aryl methyl sites for hydroxylation is 3. The molecule has 6 nitrogen and oxygen atoms in total. The topological polar surface area (TPSA) is 70.4 Å². The highest BCUT2D eigenvalue weighted by molar-refractivity contribution is 6.16. The quantitative estimate of drug-likeness (QED) is 0.415. The predicted octanol–water partition coefficient (Wildman–Crippen LogP) is 2.51. The van der Waals surface area contributed by atoms with Gasteiger partial charge < -0.3 is 14.0 Å². The first kappa shape index (κ1) is 17.1. The zero-order chi connectivity index (χ0) is 18.1. The number of aromatic nitrogens is 2. The molecule has 0 fully saturated rings. The van der Waals surface area contributed by atoms with E-state index in [-0.39, 0.29) is 12.2 Å². The molecule has 130 valence electrons. The van der Waals surface area contributed by atoms with Gasteiger partial charge in [0.05, 0.1) is 34.5 Å². The zero-order valence-electron chi connectivity index (χ0n) is 14.8. The van der Waals surface area contributed by atoms with Gasteiger partial charge in [0.2, 0.25) is 0 Å². The van der Waals surface area contributed by atoms with Gasteiger partial charge in [0.15, 0.2) is 0 Å². The van der Waals surface area contributed by atoms with Crippen molar-refractivity contribution in [1.29, 1.82) is 0 Å². The molecule has 0 aliphatic heterocycles. The number of carbonyl (C=O) groups excluding carboxylic acids is 1. The van der Waals surface area contributed by atoms with E-state index in [4.69, 9.17) is 9.47 Å². The van der Waals surface area contributed by atoms with Crippen LogP contribution in [0.3, 0.4) is 0 Å². The van der Waals surface area contributed by atoms with Crippen LogP contribution in [0.15, 0.2) is 29.1 Å². The Labute approximate surface area is 145 Å². The van der Waals surface area contributed by atoms with Gasteiger partial charge in [0.1, 0.15) is 6.61 Å². The molecule has 2 heterocycles. The van der Waals surface area contributed by atoms with Gasteiger partial charge in [-0.3, -0.25) is 9.78 Å². The number of ether oxygens (including phenoxy) is 2. The van der Waals surface area contributed by atoms with Crippen molar-refractivity contribution in [2.75, 3.05) is 20.3 Å². The molecule has 0 N–H and O–H groups in total. The molecular formula is C19H20N2O4. The summed E-state index contributed by atoms with van der Waals surface area (Å²) in [5.41, 5.74) is 2.07. The maximum atomic E-state index is 12.9. The number of para-hydroxylation sites is 1. The largest absolute Gasteiger partial charge is 0.460 e. The van der Waals surface area contributed by atoms with E-state index < -0.39 is 5.97 Å². The minimum absolute atomic E-state index is 0.146. The van der Waals surface area contributed by atoms with Crippen LogP contribution in [0.5, 0.6) is 0 Å². The second-order valence-corrected chi connectivity index (χ2v) is 5.92. The van der Waals surface area contributed by atoms with Crippen LogP contribution in [0.2, 0.25) is 0 Å². The number of hydrogen-bond acceptors (Lipinski definition) is 5. The van der Waals surface area contributed by atoms with Crippen LogP contribution in [-0.4, -0.2) is 35.8 Å². The van der Waals surface area contributed by atoms with Crippen LogP contribution in [0.4, 0.5) is 0 Å². The van der Waals surface area contributed by atoms with Crippen molar-refractivity contribution in [3.05, 3.63) is 51.6 Å². The molecule has 3 aromatic rings. The number of methoxy groups -OCH3 is 1. The maximum absolute atomic E-state index is 12.9. The molecule has 0 saturated heterocycles. The van der Waals surface area contributed by atoms with Gasteiger partial charge in [0, 0.05) is 24.9 Å². The Hall–Kier alpha value is -2.73. The first-order chi connectivity index (χ1) is 12.0. The number of hydrogen-bond donors (Lipinski definition) is 0. The first-order valence-electron chi connectivity index (χ1n) is 8.02. The molecule has 0 spiro atoms. The molecule has 0 unspecified atom stereocenters. The number of benzene rings is 1. The van der Waals surface area contributed by atoms with Crippen LogP contribution < -0.4 is 5.56 Å². The molecule has 25 heavy (non-hydrogen) atoms. The highest BCUT2D eigenvalue weighted by Crippen LogP contribution is 2.29. The number of pyridine rings is 2. The van der Waals surface area contributed by atoms with E-state index >= 15 is 0 Å². The van der Waals surface area contributed by atoms with Gasteiger partial charge in [-0.25, -0.2) is 4.79 Å². The Morgan fingerprint density at radius 3 is 2.56 bits per heavy atom. The molecule has 0 aliphatic carbocycles. The van der Waals surface area contributed by atoms with E-state index in [0.717, 1.165) is 10.9 Å². The fourth-order valence-electron chi connectivity index (χ4n) is 3.18. The standard InChI is InChI=1S/C19H20N2O4/c1-11-15-17(13-7-5-6-8-14(13)21(3)18(15)22)16(12(2)20-11)19(23)25-10-9-24-4/h5-8H,9-10H2,1-4H3. The molecule has 0 saturated carbocycles. The average Bonchev–Trinajstić information content (AvgIpc) is 2.59. The lowest BCUT2D eigenvalue weighted by Gasteiger charge is -2.15. The Balaban J connectivity index is 2.41. The van der Waals surface area contributed by atoms with Crippen molar-refractivity contribution in [3.8, 4) is 0 Å². The monoisotopic (exact) mass is 340 g/mol. The number of esters is 1. The van der Waals surface area contributed by atoms with Crippen molar-refractivity contribution < 1.29 is 14.3 Å². The molecule has 0 aliphatic rings. The Kier molecular flexibility index (Phi) is 4.55. The zero-order valence-corrected chi connectivity index (χ0v) is 14.8. The number of fused-ring (bicyclic) bond motifs is 3. The van der Waals surface area contributed by atoms with Crippen molar-refractivity contribution in [2.45, 2.75) is 13.8 Å². The molecule has 3 rings (SSSR count). The smallest absolute Gasteiger partial charge is 0.340 e. The minimum Gasteiger partial charge on any atom is -0.460 e. The van der Waals surface area contributed by atoms with E-state index in [1.165, 1.54) is 0 Å². The fourth-order valence-corrected chi connectivity index (χ4v) is 3.18. The summed E-state index contributed by atoms with van der Waals surface area (Å²) in [4.78, 5) is 30.0. The molecule has 6 heteroatoms. The van der Waals surface area contributed by atoms with Gasteiger partial charge in [-0.2, -0.15) is 0 Å². The lowest BCUT2D eigenvalue weighted by molar-refractivity contribution is 0.0389. The van der Waals surface area contributed by atoms with Gasteiger partial charge in [-0.1, -0.05) is 18.2 Å². The van der Waals surface area contributed by atoms with Crippen LogP contribution in [0.25, 0.3) is 21.7 Å². The number of nitrogens with zero attached hydrogens (tertiary/aromatic N) is 2. The summed E-state index contributed by atoms with van der Waals surface area (Å²) in [7, 11) is 3.26. The average molecular weight is 340 g/mol. The first-order valence-corrected chi connectivity index (χ1v) is 8.02. The molecule has 1 aromatic carbocycles. The summed E-state index contributed by atoms with van der Waals surface area (Å²) in [6, 6.07) is 7.52. The lowest BCUT2D eigenvalue weighted by Crippen LogP contribution is -2.21. The molecule has 0 radical (unpaired) electrons. The molecule has 0 atom stereocenters. The number of carbonyl (C=O) groups is 1. The second kappa shape index (κ2) is 6.64. The van der Waals surface area contributed by atoms with Crippen LogP contribution >= 0.6 is 0 Å². The predicted molar refractivity (Wildman–Crippen MR) is 96.1 cm³/mol. The third kappa shape index (κ3) is 2.78. The fraction of sp³-hybridized carbons (Fsp3) is 0.316. The van der Waals surface area contributed by atoms with E-state index in [1.54, 1.807) is 32.6 Å². The highest BCUT2D eigenvalue weighted by atomic mass is 16.6. The summed E-state index contributed by atoms with van der Waals surface area (Å²) in [5.74, 6) is -0.495. The van der Waals surface area contributed by atoms with E-state index in [0.29, 0.717) is 34.3 Å². The summed E-state index contributed by atoms with van der Waals surface area (Å²) in [6.45, 7) is 3.99. The Morgan fingerprint density at radius 2 is 1.84 bits per heavy atom. The normalized spacial score (nSPS) is 11.2. The van der Waals surface area contributed by atoms with Gasteiger partial charge >= 0.3 is 5.97 Å². The van der Waals surface area contributed by atoms with Crippen molar-refractivity contribution in [1.82, 2.24) is 9.55 Å². The van der Waals surface area contributed by atoms with Gasteiger partial charge in [-0.05, 0) is 19.9 Å².